The second-order valence-electron chi connectivity index (χ2n) is 2.20. The van der Waals surface area contributed by atoms with E-state index in [2.05, 4.69) is 13.2 Å². The van der Waals surface area contributed by atoms with E-state index in [1.807, 2.05) is 0 Å². The van der Waals surface area contributed by atoms with Crippen molar-refractivity contribution in [2.45, 2.75) is 12.8 Å². The van der Waals surface area contributed by atoms with Crippen LogP contribution in [0.1, 0.15) is 12.8 Å². The van der Waals surface area contributed by atoms with Crippen LogP contribution in [0.3, 0.4) is 0 Å². The summed E-state index contributed by atoms with van der Waals surface area (Å²) in [6.07, 6.45) is 5.08. The maximum Gasteiger partial charge on any atom is 0.0943 e. The first-order valence-electron chi connectivity index (χ1n) is 3.28. The van der Waals surface area contributed by atoms with Crippen molar-refractivity contribution in [2.24, 2.45) is 11.7 Å². The van der Waals surface area contributed by atoms with E-state index in [-0.39, 0.29) is 11.8 Å². The number of hydrogen-bond donors (Lipinski definition) is 2. The summed E-state index contributed by atoms with van der Waals surface area (Å²) in [6, 6.07) is 0. The maximum absolute atomic E-state index is 7.14. The zero-order chi connectivity index (χ0) is 7.98. The third-order valence-electron chi connectivity index (χ3n) is 1.34. The molecule has 0 amide bonds. The molecule has 0 radical (unpaired) electrons. The average Bonchev–Trinajstić information content (AvgIpc) is 1.87. The number of hydrogen-bond acceptors (Lipinski definition) is 1. The van der Waals surface area contributed by atoms with Crippen molar-refractivity contribution in [3.63, 3.8) is 0 Å². The number of amidine groups is 1. The molecule has 0 fully saturated rings. The second-order valence-corrected chi connectivity index (χ2v) is 2.20. The lowest BCUT2D eigenvalue weighted by Gasteiger charge is -2.08. The summed E-state index contributed by atoms with van der Waals surface area (Å²) in [4.78, 5) is 0. The fraction of sp³-hybridized carbons (Fsp3) is 0.375. The van der Waals surface area contributed by atoms with Gasteiger partial charge in [0.2, 0.25) is 0 Å². The Balaban J connectivity index is 3.83. The van der Waals surface area contributed by atoms with Gasteiger partial charge in [0.05, 0.1) is 5.84 Å². The van der Waals surface area contributed by atoms with Crippen LogP contribution >= 0.6 is 0 Å². The molecular weight excluding hydrogens is 124 g/mol. The molecule has 0 aliphatic rings. The van der Waals surface area contributed by atoms with Crippen LogP contribution < -0.4 is 5.73 Å². The van der Waals surface area contributed by atoms with Gasteiger partial charge < -0.3 is 5.73 Å². The van der Waals surface area contributed by atoms with Gasteiger partial charge in [0.15, 0.2) is 0 Å². The SMILES string of the molecule is C=CCC(CC=C)C(=N)N. The molecule has 0 bridgehead atoms. The molecule has 10 heavy (non-hydrogen) atoms. The fourth-order valence-electron chi connectivity index (χ4n) is 0.753. The van der Waals surface area contributed by atoms with Crippen LogP contribution in [0.4, 0.5) is 0 Å². The van der Waals surface area contributed by atoms with Gasteiger partial charge in [0.25, 0.3) is 0 Å². The van der Waals surface area contributed by atoms with Crippen LogP contribution in [0.5, 0.6) is 0 Å². The van der Waals surface area contributed by atoms with Gasteiger partial charge in [-0.2, -0.15) is 0 Å². The lowest BCUT2D eigenvalue weighted by molar-refractivity contribution is 0.707. The van der Waals surface area contributed by atoms with E-state index in [1.165, 1.54) is 0 Å². The zero-order valence-electron chi connectivity index (χ0n) is 6.14. The van der Waals surface area contributed by atoms with Crippen molar-refractivity contribution in [2.75, 3.05) is 0 Å². The van der Waals surface area contributed by atoms with Crippen LogP contribution in [0.25, 0.3) is 0 Å². The minimum atomic E-state index is 0.106. The molecule has 2 heteroatoms. The van der Waals surface area contributed by atoms with Crippen LogP contribution in [-0.2, 0) is 0 Å². The molecule has 0 aromatic carbocycles. The number of nitrogens with one attached hydrogen (secondary N) is 1. The van der Waals surface area contributed by atoms with E-state index in [0.29, 0.717) is 0 Å². The topological polar surface area (TPSA) is 49.9 Å². The Morgan fingerprint density at radius 2 is 1.80 bits per heavy atom. The normalized spacial score (nSPS) is 9.30. The van der Waals surface area contributed by atoms with Gasteiger partial charge >= 0.3 is 0 Å². The molecular formula is C8H14N2. The summed E-state index contributed by atoms with van der Waals surface area (Å²) >= 11 is 0. The molecule has 0 aromatic heterocycles. The first kappa shape index (κ1) is 8.95. The van der Waals surface area contributed by atoms with Gasteiger partial charge in [-0.3, -0.25) is 5.41 Å². The van der Waals surface area contributed by atoms with E-state index in [4.69, 9.17) is 11.1 Å². The number of rotatable bonds is 5. The van der Waals surface area contributed by atoms with Crippen LogP contribution in [0.15, 0.2) is 25.3 Å². The fourth-order valence-corrected chi connectivity index (χ4v) is 0.753. The molecule has 0 aliphatic heterocycles. The summed E-state index contributed by atoms with van der Waals surface area (Å²) in [5, 5.41) is 7.14. The maximum atomic E-state index is 7.14. The minimum Gasteiger partial charge on any atom is -0.387 e. The van der Waals surface area contributed by atoms with Crippen molar-refractivity contribution < 1.29 is 0 Å². The highest BCUT2D eigenvalue weighted by Gasteiger charge is 2.06. The number of nitrogens with two attached hydrogens (primary N) is 1. The zero-order valence-corrected chi connectivity index (χ0v) is 6.14. The molecule has 0 aliphatic carbocycles. The first-order valence-corrected chi connectivity index (χ1v) is 3.28. The molecule has 56 valence electrons. The summed E-state index contributed by atoms with van der Waals surface area (Å²) in [6.45, 7) is 7.16. The lowest BCUT2D eigenvalue weighted by Crippen LogP contribution is -2.21. The highest BCUT2D eigenvalue weighted by atomic mass is 14.7. The summed E-state index contributed by atoms with van der Waals surface area (Å²) in [7, 11) is 0. The van der Waals surface area contributed by atoms with Crippen molar-refractivity contribution >= 4 is 5.84 Å². The predicted molar refractivity (Wildman–Crippen MR) is 45.0 cm³/mol. The lowest BCUT2D eigenvalue weighted by atomic mass is 10.0. The van der Waals surface area contributed by atoms with Crippen molar-refractivity contribution in [3.8, 4) is 0 Å². The van der Waals surface area contributed by atoms with Gasteiger partial charge in [0.1, 0.15) is 0 Å². The molecule has 0 rings (SSSR count). The molecule has 2 nitrogen and oxygen atoms in total. The highest BCUT2D eigenvalue weighted by Crippen LogP contribution is 2.08. The third-order valence-corrected chi connectivity index (χ3v) is 1.34. The first-order chi connectivity index (χ1) is 4.72. The van der Waals surface area contributed by atoms with E-state index in [0.717, 1.165) is 12.8 Å². The third kappa shape index (κ3) is 3.07. The Morgan fingerprint density at radius 1 is 1.40 bits per heavy atom. The highest BCUT2D eigenvalue weighted by molar-refractivity contribution is 5.79. The standard InChI is InChI=1S/C8H14N2/c1-3-5-7(6-4-2)8(9)10/h3-4,7H,1-2,5-6H2,(H3,9,10). The Labute approximate surface area is 61.9 Å². The predicted octanol–water partition coefficient (Wildman–Crippen LogP) is 1.69. The van der Waals surface area contributed by atoms with Gasteiger partial charge in [-0.05, 0) is 12.8 Å². The number of allylic oxidation sites excluding steroid dienone is 2. The summed E-state index contributed by atoms with van der Waals surface area (Å²) in [5.74, 6) is 0.329. The van der Waals surface area contributed by atoms with Crippen molar-refractivity contribution in [3.05, 3.63) is 25.3 Å². The molecule has 0 unspecified atom stereocenters. The minimum absolute atomic E-state index is 0.106. The van der Waals surface area contributed by atoms with Gasteiger partial charge in [-0.15, -0.1) is 13.2 Å². The Kier molecular flexibility index (Phi) is 4.29. The van der Waals surface area contributed by atoms with Crippen LogP contribution in [-0.4, -0.2) is 5.84 Å². The van der Waals surface area contributed by atoms with Gasteiger partial charge in [0, 0.05) is 5.92 Å². The van der Waals surface area contributed by atoms with E-state index in [1.54, 1.807) is 12.2 Å². The Bertz CT molecular complexity index is 128. The van der Waals surface area contributed by atoms with Crippen molar-refractivity contribution in [1.82, 2.24) is 0 Å². The molecule has 0 saturated carbocycles. The quantitative estimate of drug-likeness (QED) is 0.339. The molecule has 0 atom stereocenters. The average molecular weight is 138 g/mol. The molecule has 0 spiro atoms. The molecule has 3 N–H and O–H groups in total. The summed E-state index contributed by atoms with van der Waals surface area (Å²) in [5.41, 5.74) is 5.30. The Hall–Kier alpha value is -1.05. The monoisotopic (exact) mass is 138 g/mol. The molecule has 0 aromatic rings. The van der Waals surface area contributed by atoms with Crippen LogP contribution in [0, 0.1) is 11.3 Å². The van der Waals surface area contributed by atoms with Gasteiger partial charge in [-0.1, -0.05) is 12.2 Å². The van der Waals surface area contributed by atoms with E-state index in [9.17, 15) is 0 Å². The van der Waals surface area contributed by atoms with Crippen LogP contribution in [0.2, 0.25) is 0 Å². The molecule has 0 heterocycles. The largest absolute Gasteiger partial charge is 0.387 e. The van der Waals surface area contributed by atoms with E-state index < -0.39 is 0 Å². The van der Waals surface area contributed by atoms with Crippen molar-refractivity contribution in [1.29, 1.82) is 5.41 Å². The van der Waals surface area contributed by atoms with E-state index >= 15 is 0 Å². The second kappa shape index (κ2) is 4.79. The Morgan fingerprint density at radius 3 is 2.00 bits per heavy atom. The van der Waals surface area contributed by atoms with Gasteiger partial charge in [-0.25, -0.2) is 0 Å². The smallest absolute Gasteiger partial charge is 0.0943 e. The summed E-state index contributed by atoms with van der Waals surface area (Å²) < 4.78 is 0. The molecule has 0 saturated heterocycles.